The molecule has 2 aromatic rings. The first-order valence-electron chi connectivity index (χ1n) is 9.72. The molecule has 0 saturated heterocycles. The summed E-state index contributed by atoms with van der Waals surface area (Å²) >= 11 is 0. The van der Waals surface area contributed by atoms with Crippen molar-refractivity contribution in [2.24, 2.45) is 0 Å². The minimum Gasteiger partial charge on any atom is -0.324 e. The number of amides is 1. The molecule has 26 heavy (non-hydrogen) atoms. The maximum Gasteiger partial charge on any atom is 0.279 e. The molecular formula is C23H33N2O+. The van der Waals surface area contributed by atoms with Crippen molar-refractivity contribution in [1.29, 1.82) is 0 Å². The van der Waals surface area contributed by atoms with Crippen molar-refractivity contribution in [3.8, 4) is 0 Å². The van der Waals surface area contributed by atoms with E-state index in [-0.39, 0.29) is 5.91 Å². The van der Waals surface area contributed by atoms with Crippen LogP contribution in [0.15, 0.2) is 48.5 Å². The molecule has 140 valence electrons. The highest BCUT2D eigenvalue weighted by Gasteiger charge is 2.18. The number of quaternary nitrogens is 1. The van der Waals surface area contributed by atoms with Crippen LogP contribution in [0.25, 0.3) is 0 Å². The molecule has 1 atom stereocenters. The molecule has 0 spiro atoms. The Balaban J connectivity index is 2.13. The zero-order valence-electron chi connectivity index (χ0n) is 16.8. The third-order valence-corrected chi connectivity index (χ3v) is 4.84. The Morgan fingerprint density at radius 1 is 0.923 bits per heavy atom. The van der Waals surface area contributed by atoms with Crippen molar-refractivity contribution in [2.75, 3.05) is 18.4 Å². The van der Waals surface area contributed by atoms with E-state index in [4.69, 9.17) is 0 Å². The van der Waals surface area contributed by atoms with Crippen LogP contribution in [0.4, 0.5) is 5.69 Å². The molecule has 0 heterocycles. The second-order valence-electron chi connectivity index (χ2n) is 7.61. The third-order valence-electron chi connectivity index (χ3n) is 4.84. The van der Waals surface area contributed by atoms with Crippen molar-refractivity contribution in [2.45, 2.75) is 53.0 Å². The van der Waals surface area contributed by atoms with Crippen LogP contribution in [-0.4, -0.2) is 19.0 Å². The predicted molar refractivity (Wildman–Crippen MR) is 110 cm³/mol. The van der Waals surface area contributed by atoms with Gasteiger partial charge in [0.25, 0.3) is 5.91 Å². The maximum atomic E-state index is 12.8. The first-order chi connectivity index (χ1) is 12.4. The van der Waals surface area contributed by atoms with Crippen molar-refractivity contribution in [3.05, 3.63) is 65.2 Å². The molecule has 1 unspecified atom stereocenters. The molecule has 0 bridgehead atoms. The molecule has 0 saturated carbocycles. The number of carbonyl (C=O) groups excluding carboxylic acids is 1. The SMILES string of the molecule is CC[NH+](CC(=O)Nc1c(C(C)C)cccc1C(C)C)Cc1ccccc1. The summed E-state index contributed by atoms with van der Waals surface area (Å²) in [4.78, 5) is 14.1. The van der Waals surface area contributed by atoms with E-state index in [9.17, 15) is 4.79 Å². The number of rotatable bonds is 8. The third kappa shape index (κ3) is 5.43. The van der Waals surface area contributed by atoms with Gasteiger partial charge in [0.2, 0.25) is 0 Å². The number of likely N-dealkylation sites (N-methyl/N-ethyl adjacent to an activating group) is 1. The Bertz CT molecular complexity index is 681. The molecule has 0 aliphatic heterocycles. The summed E-state index contributed by atoms with van der Waals surface area (Å²) in [5.41, 5.74) is 4.71. The highest BCUT2D eigenvalue weighted by Crippen LogP contribution is 2.32. The summed E-state index contributed by atoms with van der Waals surface area (Å²) in [6, 6.07) is 16.7. The predicted octanol–water partition coefficient (Wildman–Crippen LogP) is 3.98. The Morgan fingerprint density at radius 3 is 2.00 bits per heavy atom. The fourth-order valence-electron chi connectivity index (χ4n) is 3.30. The van der Waals surface area contributed by atoms with Gasteiger partial charge >= 0.3 is 0 Å². The van der Waals surface area contributed by atoms with Gasteiger partial charge in [-0.05, 0) is 29.9 Å². The zero-order valence-corrected chi connectivity index (χ0v) is 16.8. The van der Waals surface area contributed by atoms with Gasteiger partial charge in [-0.1, -0.05) is 76.2 Å². The standard InChI is InChI=1S/C23H32N2O/c1-6-25(15-19-11-8-7-9-12-19)16-22(26)24-23-20(17(2)3)13-10-14-21(23)18(4)5/h7-14,17-18H,6,15-16H2,1-5H3,(H,24,26)/p+1. The Labute approximate surface area is 158 Å². The Hall–Kier alpha value is -2.13. The summed E-state index contributed by atoms with van der Waals surface area (Å²) in [6.07, 6.45) is 0. The molecule has 2 rings (SSSR count). The van der Waals surface area contributed by atoms with Crippen LogP contribution in [0.1, 0.15) is 63.1 Å². The van der Waals surface area contributed by atoms with Crippen molar-refractivity contribution in [3.63, 3.8) is 0 Å². The van der Waals surface area contributed by atoms with Crippen LogP contribution in [0.3, 0.4) is 0 Å². The summed E-state index contributed by atoms with van der Waals surface area (Å²) in [5.74, 6) is 0.846. The van der Waals surface area contributed by atoms with Crippen LogP contribution >= 0.6 is 0 Å². The topological polar surface area (TPSA) is 33.5 Å². The normalized spacial score (nSPS) is 12.4. The summed E-state index contributed by atoms with van der Waals surface area (Å²) in [6.45, 7) is 13.1. The van der Waals surface area contributed by atoms with Gasteiger partial charge in [0, 0.05) is 11.3 Å². The second kappa shape index (κ2) is 9.54. The fourth-order valence-corrected chi connectivity index (χ4v) is 3.30. The number of anilines is 1. The quantitative estimate of drug-likeness (QED) is 0.739. The van der Waals surface area contributed by atoms with Gasteiger partial charge in [-0.25, -0.2) is 0 Å². The van der Waals surface area contributed by atoms with Gasteiger partial charge in [-0.2, -0.15) is 0 Å². The number of hydrogen-bond donors (Lipinski definition) is 2. The van der Waals surface area contributed by atoms with Crippen LogP contribution < -0.4 is 10.2 Å². The van der Waals surface area contributed by atoms with E-state index >= 15 is 0 Å². The average molecular weight is 354 g/mol. The average Bonchev–Trinajstić information content (AvgIpc) is 2.61. The van der Waals surface area contributed by atoms with Crippen LogP contribution in [0.5, 0.6) is 0 Å². The van der Waals surface area contributed by atoms with Gasteiger partial charge in [-0.3, -0.25) is 4.79 Å². The highest BCUT2D eigenvalue weighted by atomic mass is 16.2. The lowest BCUT2D eigenvalue weighted by atomic mass is 9.92. The largest absolute Gasteiger partial charge is 0.324 e. The Morgan fingerprint density at radius 2 is 1.50 bits per heavy atom. The summed E-state index contributed by atoms with van der Waals surface area (Å²) in [7, 11) is 0. The lowest BCUT2D eigenvalue weighted by molar-refractivity contribution is -0.903. The number of hydrogen-bond acceptors (Lipinski definition) is 1. The fraction of sp³-hybridized carbons (Fsp3) is 0.435. The van der Waals surface area contributed by atoms with Gasteiger partial charge < -0.3 is 10.2 Å². The minimum absolute atomic E-state index is 0.0905. The maximum absolute atomic E-state index is 12.8. The van der Waals surface area contributed by atoms with Gasteiger partial charge in [0.05, 0.1) is 6.54 Å². The molecule has 2 aromatic carbocycles. The molecule has 0 fully saturated rings. The van der Waals surface area contributed by atoms with Crippen LogP contribution in [0.2, 0.25) is 0 Å². The van der Waals surface area contributed by atoms with E-state index in [1.165, 1.54) is 21.6 Å². The van der Waals surface area contributed by atoms with Gasteiger partial charge in [0.15, 0.2) is 6.54 Å². The van der Waals surface area contributed by atoms with E-state index in [1.54, 1.807) is 0 Å². The van der Waals surface area contributed by atoms with E-state index in [0.717, 1.165) is 18.8 Å². The number of para-hydroxylation sites is 1. The van der Waals surface area contributed by atoms with Crippen LogP contribution in [-0.2, 0) is 11.3 Å². The van der Waals surface area contributed by atoms with Crippen molar-refractivity contribution < 1.29 is 9.69 Å². The second-order valence-corrected chi connectivity index (χ2v) is 7.61. The van der Waals surface area contributed by atoms with Gasteiger partial charge in [0.1, 0.15) is 6.54 Å². The smallest absolute Gasteiger partial charge is 0.279 e. The molecular weight excluding hydrogens is 320 g/mol. The van der Waals surface area contributed by atoms with E-state index < -0.39 is 0 Å². The molecule has 0 radical (unpaired) electrons. The monoisotopic (exact) mass is 353 g/mol. The molecule has 3 nitrogen and oxygen atoms in total. The highest BCUT2D eigenvalue weighted by molar-refractivity contribution is 5.93. The molecule has 3 heteroatoms. The lowest BCUT2D eigenvalue weighted by Crippen LogP contribution is -3.11. The van der Waals surface area contributed by atoms with Crippen molar-refractivity contribution in [1.82, 2.24) is 0 Å². The first kappa shape index (κ1) is 20.2. The van der Waals surface area contributed by atoms with E-state index in [2.05, 4.69) is 82.4 Å². The Kier molecular flexibility index (Phi) is 7.40. The number of nitrogens with one attached hydrogen (secondary N) is 2. The van der Waals surface area contributed by atoms with Crippen LogP contribution in [0, 0.1) is 0 Å². The lowest BCUT2D eigenvalue weighted by Gasteiger charge is -2.22. The summed E-state index contributed by atoms with van der Waals surface area (Å²) in [5, 5.41) is 3.23. The molecule has 1 amide bonds. The molecule has 2 N–H and O–H groups in total. The van der Waals surface area contributed by atoms with E-state index in [1.807, 2.05) is 6.07 Å². The number of benzene rings is 2. The minimum atomic E-state index is 0.0905. The molecule has 0 aliphatic carbocycles. The summed E-state index contributed by atoms with van der Waals surface area (Å²) < 4.78 is 0. The first-order valence-corrected chi connectivity index (χ1v) is 9.72. The zero-order chi connectivity index (χ0) is 19.1. The molecule has 0 aliphatic rings. The van der Waals surface area contributed by atoms with Gasteiger partial charge in [-0.15, -0.1) is 0 Å². The van der Waals surface area contributed by atoms with E-state index in [0.29, 0.717) is 18.4 Å². The number of carbonyl (C=O) groups is 1. The van der Waals surface area contributed by atoms with Crippen molar-refractivity contribution >= 4 is 11.6 Å². The molecule has 0 aromatic heterocycles.